The van der Waals surface area contributed by atoms with Crippen LogP contribution in [-0.4, -0.2) is 11.7 Å². The predicted octanol–water partition coefficient (Wildman–Crippen LogP) is 14.1. The Kier molecular flexibility index (Phi) is 7.85. The van der Waals surface area contributed by atoms with E-state index >= 15 is 0 Å². The number of rotatable bonds is 6. The van der Waals surface area contributed by atoms with E-state index in [4.69, 9.17) is 18.8 Å². The van der Waals surface area contributed by atoms with Crippen molar-refractivity contribution in [3.8, 4) is 33.4 Å². The summed E-state index contributed by atoms with van der Waals surface area (Å²) in [6.45, 7) is 0. The number of nitrogens with one attached hydrogen (secondary N) is 1. The Bertz CT molecular complexity index is 3510. The van der Waals surface area contributed by atoms with Crippen molar-refractivity contribution in [2.45, 2.75) is 6.17 Å². The van der Waals surface area contributed by atoms with E-state index in [0.717, 1.165) is 105 Å². The van der Waals surface area contributed by atoms with Crippen LogP contribution in [0.5, 0.6) is 0 Å². The van der Waals surface area contributed by atoms with Gasteiger partial charge < -0.3 is 14.2 Å². The summed E-state index contributed by atoms with van der Waals surface area (Å²) < 4.78 is 13.3. The van der Waals surface area contributed by atoms with Gasteiger partial charge in [0, 0.05) is 43.8 Å². The Morgan fingerprint density at radius 3 is 1.87 bits per heavy atom. The van der Waals surface area contributed by atoms with Crippen molar-refractivity contribution in [1.29, 1.82) is 0 Å². The Labute approximate surface area is 345 Å². The van der Waals surface area contributed by atoms with Gasteiger partial charge in [-0.05, 0) is 62.9 Å². The number of amidine groups is 2. The quantitative estimate of drug-likeness (QED) is 0.183. The molecule has 1 atom stereocenters. The van der Waals surface area contributed by atoms with Crippen molar-refractivity contribution in [2.24, 2.45) is 9.98 Å². The van der Waals surface area contributed by atoms with Crippen molar-refractivity contribution in [1.82, 2.24) is 5.32 Å². The summed E-state index contributed by atoms with van der Waals surface area (Å²) in [6.07, 6.45) is -0.474. The van der Waals surface area contributed by atoms with E-state index in [2.05, 4.69) is 181 Å². The van der Waals surface area contributed by atoms with Crippen LogP contribution < -0.4 is 5.32 Å². The molecule has 0 bridgehead atoms. The highest BCUT2D eigenvalue weighted by molar-refractivity contribution is 6.20. The lowest BCUT2D eigenvalue weighted by Gasteiger charge is -2.24. The Balaban J connectivity index is 1.06. The maximum absolute atomic E-state index is 6.72. The van der Waals surface area contributed by atoms with Crippen molar-refractivity contribution < 1.29 is 8.83 Å². The third-order valence-corrected chi connectivity index (χ3v) is 11.8. The van der Waals surface area contributed by atoms with Gasteiger partial charge in [0.25, 0.3) is 0 Å². The average molecular weight is 770 g/mol. The molecule has 11 aromatic rings. The van der Waals surface area contributed by atoms with Gasteiger partial charge in [-0.25, -0.2) is 9.98 Å². The van der Waals surface area contributed by atoms with Crippen molar-refractivity contribution in [2.75, 3.05) is 0 Å². The third kappa shape index (κ3) is 5.63. The Hall–Kier alpha value is -8.02. The molecule has 0 spiro atoms. The number of hydrogen-bond acceptors (Lipinski definition) is 5. The van der Waals surface area contributed by atoms with Gasteiger partial charge in [-0.1, -0.05) is 176 Å². The SMILES string of the molecule is c1ccc(-c2ccc(C3=NC(c4cc(-c5cccc6oc7c(-c8ccccc8)cccc7c56)c5ccccc5c4)=NC(c4cccc5c4oc4ccccc45)N3)cc2)cc1. The normalized spacial score (nSPS) is 14.2. The Morgan fingerprint density at radius 2 is 1.02 bits per heavy atom. The van der Waals surface area contributed by atoms with Crippen LogP contribution in [0.3, 0.4) is 0 Å². The number of para-hydroxylation sites is 3. The number of nitrogens with zero attached hydrogens (tertiary/aromatic N) is 2. The van der Waals surface area contributed by atoms with Gasteiger partial charge in [0.2, 0.25) is 0 Å². The third-order valence-electron chi connectivity index (χ3n) is 11.8. The zero-order valence-electron chi connectivity index (χ0n) is 32.3. The number of fused-ring (bicyclic) bond motifs is 7. The van der Waals surface area contributed by atoms with Crippen LogP contribution in [0.25, 0.3) is 88.0 Å². The van der Waals surface area contributed by atoms with E-state index in [1.165, 1.54) is 5.56 Å². The minimum absolute atomic E-state index is 0.474. The molecule has 12 rings (SSSR count). The Morgan fingerprint density at radius 1 is 0.400 bits per heavy atom. The highest BCUT2D eigenvalue weighted by atomic mass is 16.3. The number of benzene rings is 9. The standard InChI is InChI=1S/C55H35N3O2/c1-3-14-34(15-4-1)35-28-30-37(31-29-35)53-56-54(58-55(57-53)46-25-12-23-44-42-20-9-10-26-48(42)59-52(44)46)39-32-38-18-7-8-19-40(38)47(33-39)43-22-13-27-49-50(43)45-24-11-21-41(51(45)60-49)36-16-5-2-6-17-36/h1-33,55H,(H,56,57,58). The van der Waals surface area contributed by atoms with E-state index in [-0.39, 0.29) is 0 Å². The van der Waals surface area contributed by atoms with Crippen molar-refractivity contribution in [3.05, 3.63) is 217 Å². The summed E-state index contributed by atoms with van der Waals surface area (Å²) >= 11 is 0. The lowest BCUT2D eigenvalue weighted by molar-refractivity contribution is 0.628. The van der Waals surface area contributed by atoms with Gasteiger partial charge in [-0.2, -0.15) is 0 Å². The molecule has 282 valence electrons. The maximum atomic E-state index is 6.72. The van der Waals surface area contributed by atoms with Gasteiger partial charge in [0.1, 0.15) is 28.2 Å². The second-order valence-electron chi connectivity index (χ2n) is 15.3. The minimum atomic E-state index is -0.474. The molecule has 0 radical (unpaired) electrons. The van der Waals surface area contributed by atoms with Gasteiger partial charge in [0.05, 0.1) is 0 Å². The van der Waals surface area contributed by atoms with Gasteiger partial charge >= 0.3 is 0 Å². The number of furan rings is 2. The fraction of sp³-hybridized carbons (Fsp3) is 0.0182. The summed E-state index contributed by atoms with van der Waals surface area (Å²) in [7, 11) is 0. The molecule has 1 N–H and O–H groups in total. The van der Waals surface area contributed by atoms with E-state index in [0.29, 0.717) is 5.84 Å². The largest absolute Gasteiger partial charge is 0.456 e. The fourth-order valence-corrected chi connectivity index (χ4v) is 8.90. The molecule has 1 aliphatic heterocycles. The molecule has 0 aliphatic carbocycles. The molecule has 0 saturated carbocycles. The molecule has 5 nitrogen and oxygen atoms in total. The highest BCUT2D eigenvalue weighted by Crippen LogP contribution is 2.43. The molecule has 3 heterocycles. The molecule has 60 heavy (non-hydrogen) atoms. The first-order valence-corrected chi connectivity index (χ1v) is 20.3. The second kappa shape index (κ2) is 13.8. The van der Waals surface area contributed by atoms with Gasteiger partial charge in [-0.15, -0.1) is 0 Å². The van der Waals surface area contributed by atoms with Crippen LogP contribution in [0.2, 0.25) is 0 Å². The van der Waals surface area contributed by atoms with E-state index < -0.39 is 6.17 Å². The summed E-state index contributed by atoms with van der Waals surface area (Å²) in [4.78, 5) is 10.7. The minimum Gasteiger partial charge on any atom is -0.456 e. The predicted molar refractivity (Wildman–Crippen MR) is 247 cm³/mol. The van der Waals surface area contributed by atoms with E-state index in [1.807, 2.05) is 24.3 Å². The highest BCUT2D eigenvalue weighted by Gasteiger charge is 2.26. The number of aliphatic imine (C=N–C) groups is 2. The van der Waals surface area contributed by atoms with E-state index in [9.17, 15) is 0 Å². The molecule has 5 heteroatoms. The van der Waals surface area contributed by atoms with Gasteiger partial charge in [-0.3, -0.25) is 0 Å². The topological polar surface area (TPSA) is 63.0 Å². The molecule has 1 aliphatic rings. The first kappa shape index (κ1) is 34.1. The summed E-state index contributed by atoms with van der Waals surface area (Å²) in [6, 6.07) is 69.8. The maximum Gasteiger partial charge on any atom is 0.159 e. The zero-order chi connectivity index (χ0) is 39.6. The lowest BCUT2D eigenvalue weighted by Crippen LogP contribution is -2.33. The average Bonchev–Trinajstić information content (AvgIpc) is 3.91. The summed E-state index contributed by atoms with van der Waals surface area (Å²) in [5, 5.41) is 10.2. The molecule has 1 unspecified atom stereocenters. The molecule has 0 fully saturated rings. The lowest BCUT2D eigenvalue weighted by atomic mass is 9.92. The van der Waals surface area contributed by atoms with Crippen LogP contribution in [0, 0.1) is 0 Å². The number of hydrogen-bond donors (Lipinski definition) is 1. The fourth-order valence-electron chi connectivity index (χ4n) is 8.90. The van der Waals surface area contributed by atoms with Crippen LogP contribution in [0.4, 0.5) is 0 Å². The monoisotopic (exact) mass is 769 g/mol. The molecular weight excluding hydrogens is 735 g/mol. The summed E-state index contributed by atoms with van der Waals surface area (Å²) in [5.41, 5.74) is 12.9. The molecule has 0 saturated heterocycles. The van der Waals surface area contributed by atoms with Crippen LogP contribution >= 0.6 is 0 Å². The zero-order valence-corrected chi connectivity index (χ0v) is 32.3. The first-order chi connectivity index (χ1) is 29.7. The van der Waals surface area contributed by atoms with E-state index in [1.54, 1.807) is 0 Å². The second-order valence-corrected chi connectivity index (χ2v) is 15.3. The summed E-state index contributed by atoms with van der Waals surface area (Å²) in [5.74, 6) is 1.38. The van der Waals surface area contributed by atoms with Crippen molar-refractivity contribution in [3.63, 3.8) is 0 Å². The molecule has 0 amide bonds. The molecule has 9 aromatic carbocycles. The van der Waals surface area contributed by atoms with Crippen molar-refractivity contribution >= 4 is 66.3 Å². The van der Waals surface area contributed by atoms with Crippen LogP contribution in [-0.2, 0) is 0 Å². The smallest absolute Gasteiger partial charge is 0.159 e. The van der Waals surface area contributed by atoms with Gasteiger partial charge in [0.15, 0.2) is 12.0 Å². The molecule has 2 aromatic heterocycles. The van der Waals surface area contributed by atoms with Crippen LogP contribution in [0.15, 0.2) is 219 Å². The molecular formula is C55H35N3O2. The van der Waals surface area contributed by atoms with Crippen LogP contribution in [0.1, 0.15) is 22.9 Å². The first-order valence-electron chi connectivity index (χ1n) is 20.3.